The molecule has 0 fully saturated rings. The molecule has 20 heavy (non-hydrogen) atoms. The van der Waals surface area contributed by atoms with E-state index < -0.39 is 0 Å². The van der Waals surface area contributed by atoms with E-state index in [4.69, 9.17) is 27.9 Å². The second-order valence-corrected chi connectivity index (χ2v) is 5.05. The maximum absolute atomic E-state index is 6.25. The van der Waals surface area contributed by atoms with Crippen molar-refractivity contribution in [1.82, 2.24) is 15.3 Å². The van der Waals surface area contributed by atoms with Crippen LogP contribution in [0.4, 0.5) is 0 Å². The van der Waals surface area contributed by atoms with Gasteiger partial charge in [0.2, 0.25) is 5.88 Å². The Hall–Kier alpha value is -1.36. The number of nitrogens with zero attached hydrogens (tertiary/aromatic N) is 2. The molecule has 0 radical (unpaired) electrons. The van der Waals surface area contributed by atoms with E-state index in [1.165, 1.54) is 6.33 Å². The third-order valence-corrected chi connectivity index (χ3v) is 3.68. The summed E-state index contributed by atoms with van der Waals surface area (Å²) in [6.07, 6.45) is 2.12. The number of ether oxygens (including phenoxy) is 1. The van der Waals surface area contributed by atoms with Gasteiger partial charge < -0.3 is 10.1 Å². The minimum Gasteiger partial charge on any atom is -0.481 e. The zero-order valence-electron chi connectivity index (χ0n) is 11.2. The highest BCUT2D eigenvalue weighted by Crippen LogP contribution is 2.31. The fourth-order valence-electron chi connectivity index (χ4n) is 2.00. The van der Waals surface area contributed by atoms with Crippen LogP contribution in [-0.2, 0) is 6.42 Å². The van der Waals surface area contributed by atoms with E-state index in [0.29, 0.717) is 22.3 Å². The van der Waals surface area contributed by atoms with E-state index >= 15 is 0 Å². The van der Waals surface area contributed by atoms with Gasteiger partial charge in [0, 0.05) is 39.8 Å². The van der Waals surface area contributed by atoms with Gasteiger partial charge in [-0.05, 0) is 19.2 Å². The first-order chi connectivity index (χ1) is 9.65. The fourth-order valence-corrected chi connectivity index (χ4v) is 2.66. The molecule has 1 aromatic carbocycles. The maximum Gasteiger partial charge on any atom is 0.216 e. The number of hydrogen-bond donors (Lipinski definition) is 1. The topological polar surface area (TPSA) is 47.0 Å². The molecular weight excluding hydrogens is 297 g/mol. The first-order valence-corrected chi connectivity index (χ1v) is 6.87. The van der Waals surface area contributed by atoms with Crippen LogP contribution in [0.25, 0.3) is 0 Å². The highest BCUT2D eigenvalue weighted by molar-refractivity contribution is 6.36. The normalized spacial score (nSPS) is 12.2. The molecule has 0 amide bonds. The van der Waals surface area contributed by atoms with Crippen molar-refractivity contribution in [3.05, 3.63) is 51.9 Å². The summed E-state index contributed by atoms with van der Waals surface area (Å²) in [4.78, 5) is 8.24. The van der Waals surface area contributed by atoms with Gasteiger partial charge in [0.15, 0.2) is 0 Å². The van der Waals surface area contributed by atoms with Crippen LogP contribution < -0.4 is 10.1 Å². The number of nitrogens with one attached hydrogen (secondary N) is 1. The van der Waals surface area contributed by atoms with E-state index in [1.54, 1.807) is 13.2 Å². The van der Waals surface area contributed by atoms with Crippen LogP contribution >= 0.6 is 23.2 Å². The number of aromatic nitrogens is 2. The molecule has 0 spiro atoms. The monoisotopic (exact) mass is 311 g/mol. The third kappa shape index (κ3) is 3.39. The lowest BCUT2D eigenvalue weighted by atomic mass is 10.0. The molecule has 1 atom stereocenters. The van der Waals surface area contributed by atoms with E-state index in [1.807, 2.05) is 25.2 Å². The summed E-state index contributed by atoms with van der Waals surface area (Å²) >= 11 is 12.5. The van der Waals surface area contributed by atoms with Crippen molar-refractivity contribution in [3.8, 4) is 5.88 Å². The van der Waals surface area contributed by atoms with Crippen molar-refractivity contribution >= 4 is 23.2 Å². The summed E-state index contributed by atoms with van der Waals surface area (Å²) in [5.41, 5.74) is 1.73. The summed E-state index contributed by atoms with van der Waals surface area (Å²) in [6.45, 7) is 0. The minimum atomic E-state index is -0.0317. The number of halogens is 2. The lowest BCUT2D eigenvalue weighted by molar-refractivity contribution is 0.395. The first kappa shape index (κ1) is 15.0. The summed E-state index contributed by atoms with van der Waals surface area (Å²) in [7, 11) is 3.44. The highest BCUT2D eigenvalue weighted by atomic mass is 35.5. The second kappa shape index (κ2) is 6.88. The molecule has 1 heterocycles. The van der Waals surface area contributed by atoms with Crippen molar-refractivity contribution in [1.29, 1.82) is 0 Å². The van der Waals surface area contributed by atoms with Gasteiger partial charge in [-0.2, -0.15) is 0 Å². The maximum atomic E-state index is 6.25. The van der Waals surface area contributed by atoms with Gasteiger partial charge in [-0.1, -0.05) is 29.3 Å². The molecule has 4 nitrogen and oxygen atoms in total. The Balaban J connectivity index is 2.29. The molecule has 6 heteroatoms. The van der Waals surface area contributed by atoms with Gasteiger partial charge in [0.1, 0.15) is 6.33 Å². The van der Waals surface area contributed by atoms with Crippen molar-refractivity contribution < 1.29 is 4.74 Å². The molecule has 0 saturated carbocycles. The number of benzene rings is 1. The summed E-state index contributed by atoms with van der Waals surface area (Å²) in [5, 5.41) is 4.49. The first-order valence-electron chi connectivity index (χ1n) is 6.11. The average Bonchev–Trinajstić information content (AvgIpc) is 2.46. The Morgan fingerprint density at radius 2 is 1.95 bits per heavy atom. The molecule has 0 aliphatic heterocycles. The van der Waals surface area contributed by atoms with Crippen LogP contribution in [0.3, 0.4) is 0 Å². The molecule has 0 bridgehead atoms. The lowest BCUT2D eigenvalue weighted by Crippen LogP contribution is -2.20. The predicted octanol–water partition coefficient (Wildman–Crippen LogP) is 3.30. The lowest BCUT2D eigenvalue weighted by Gasteiger charge is -2.19. The van der Waals surface area contributed by atoms with E-state index in [9.17, 15) is 0 Å². The van der Waals surface area contributed by atoms with Crippen molar-refractivity contribution in [2.75, 3.05) is 14.2 Å². The zero-order chi connectivity index (χ0) is 14.5. The van der Waals surface area contributed by atoms with Gasteiger partial charge in [-0.25, -0.2) is 9.97 Å². The van der Waals surface area contributed by atoms with Crippen LogP contribution in [0.2, 0.25) is 10.0 Å². The van der Waals surface area contributed by atoms with Gasteiger partial charge >= 0.3 is 0 Å². The SMILES string of the molecule is CNC(Cc1cc(OC)ncn1)c1c(Cl)cccc1Cl. The molecule has 106 valence electrons. The van der Waals surface area contributed by atoms with Crippen LogP contribution in [0, 0.1) is 0 Å². The smallest absolute Gasteiger partial charge is 0.216 e. The molecule has 2 aromatic rings. The highest BCUT2D eigenvalue weighted by Gasteiger charge is 2.17. The van der Waals surface area contributed by atoms with Crippen molar-refractivity contribution in [2.45, 2.75) is 12.5 Å². The van der Waals surface area contributed by atoms with E-state index in [0.717, 1.165) is 11.3 Å². The molecule has 0 aliphatic carbocycles. The minimum absolute atomic E-state index is 0.0317. The molecule has 0 saturated heterocycles. The Morgan fingerprint density at radius 3 is 2.55 bits per heavy atom. The molecular formula is C14H15Cl2N3O. The third-order valence-electron chi connectivity index (χ3n) is 3.02. The Kier molecular flexibility index (Phi) is 5.17. The summed E-state index contributed by atoms with van der Waals surface area (Å²) in [5.74, 6) is 0.537. The molecule has 0 aliphatic rings. The van der Waals surface area contributed by atoms with Gasteiger partial charge in [-0.15, -0.1) is 0 Å². The number of likely N-dealkylation sites (N-methyl/N-ethyl adjacent to an activating group) is 1. The Bertz CT molecular complexity index is 572. The van der Waals surface area contributed by atoms with Gasteiger partial charge in [-0.3, -0.25) is 0 Å². The quantitative estimate of drug-likeness (QED) is 0.920. The Morgan fingerprint density at radius 1 is 1.25 bits per heavy atom. The predicted molar refractivity (Wildman–Crippen MR) is 80.6 cm³/mol. The average molecular weight is 312 g/mol. The number of rotatable bonds is 5. The van der Waals surface area contributed by atoms with Crippen molar-refractivity contribution in [3.63, 3.8) is 0 Å². The van der Waals surface area contributed by atoms with Crippen LogP contribution in [-0.4, -0.2) is 24.1 Å². The Labute approximate surface area is 128 Å². The largest absolute Gasteiger partial charge is 0.481 e. The van der Waals surface area contributed by atoms with Crippen LogP contribution in [0.5, 0.6) is 5.88 Å². The molecule has 1 aromatic heterocycles. The standard InChI is InChI=1S/C14H15Cl2N3O/c1-17-12(14-10(15)4-3-5-11(14)16)6-9-7-13(20-2)19-8-18-9/h3-5,7-8,12,17H,6H2,1-2H3. The van der Waals surface area contributed by atoms with Gasteiger partial charge in [0.25, 0.3) is 0 Å². The fraction of sp³-hybridized carbons (Fsp3) is 0.286. The summed E-state index contributed by atoms with van der Waals surface area (Å²) in [6, 6.07) is 7.25. The van der Waals surface area contributed by atoms with Gasteiger partial charge in [0.05, 0.1) is 7.11 Å². The molecule has 1 N–H and O–H groups in total. The van der Waals surface area contributed by atoms with E-state index in [2.05, 4.69) is 15.3 Å². The summed E-state index contributed by atoms with van der Waals surface area (Å²) < 4.78 is 5.10. The number of methoxy groups -OCH3 is 1. The van der Waals surface area contributed by atoms with E-state index in [-0.39, 0.29) is 6.04 Å². The molecule has 2 rings (SSSR count). The number of hydrogen-bond acceptors (Lipinski definition) is 4. The molecule has 1 unspecified atom stereocenters. The van der Waals surface area contributed by atoms with Crippen molar-refractivity contribution in [2.24, 2.45) is 0 Å². The zero-order valence-corrected chi connectivity index (χ0v) is 12.7. The second-order valence-electron chi connectivity index (χ2n) is 4.23. The van der Waals surface area contributed by atoms with Crippen LogP contribution in [0.15, 0.2) is 30.6 Å². The van der Waals surface area contributed by atoms with Crippen LogP contribution in [0.1, 0.15) is 17.3 Å².